The molecule has 0 amide bonds. The molecule has 0 saturated carbocycles. The Labute approximate surface area is 162 Å². The molecule has 1 N–H and O–H groups in total. The third-order valence-corrected chi connectivity index (χ3v) is 4.25. The summed E-state index contributed by atoms with van der Waals surface area (Å²) in [4.78, 5) is 19.5. The molecule has 8 nitrogen and oxygen atoms in total. The van der Waals surface area contributed by atoms with Crippen molar-refractivity contribution in [3.05, 3.63) is 58.4 Å². The third-order valence-electron chi connectivity index (χ3n) is 4.25. The Kier molecular flexibility index (Phi) is 4.41. The van der Waals surface area contributed by atoms with Crippen molar-refractivity contribution in [2.45, 2.75) is 12.5 Å². The van der Waals surface area contributed by atoms with E-state index in [1.165, 1.54) is 18.5 Å². The fourth-order valence-corrected chi connectivity index (χ4v) is 2.90. The van der Waals surface area contributed by atoms with Crippen LogP contribution in [0.2, 0.25) is 0 Å². The Morgan fingerprint density at radius 2 is 2.29 bits per heavy atom. The fraction of sp³-hybridized carbons (Fsp3) is 0.200. The van der Waals surface area contributed by atoms with Crippen LogP contribution in [0.5, 0.6) is 5.75 Å². The predicted molar refractivity (Wildman–Crippen MR) is 104 cm³/mol. The molecule has 0 radical (unpaired) electrons. The Bertz CT molecular complexity index is 1140. The second-order valence-corrected chi connectivity index (χ2v) is 6.11. The van der Waals surface area contributed by atoms with E-state index in [9.17, 15) is 10.1 Å². The van der Waals surface area contributed by atoms with Gasteiger partial charge in [-0.1, -0.05) is 12.0 Å². The Balaban J connectivity index is 1.77. The van der Waals surface area contributed by atoms with Gasteiger partial charge in [-0.05, 0) is 18.2 Å². The molecule has 1 unspecified atom stereocenters. The summed E-state index contributed by atoms with van der Waals surface area (Å²) in [5.74, 6) is 2.92. The quantitative estimate of drug-likeness (QED) is 0.413. The van der Waals surface area contributed by atoms with Gasteiger partial charge in [0.05, 0.1) is 30.4 Å². The largest absolute Gasteiger partial charge is 0.481 e. The summed E-state index contributed by atoms with van der Waals surface area (Å²) in [7, 11) is 0. The van der Waals surface area contributed by atoms with Gasteiger partial charge < -0.3 is 14.8 Å². The maximum atomic E-state index is 11.6. The lowest BCUT2D eigenvalue weighted by Gasteiger charge is -2.14. The highest BCUT2D eigenvalue weighted by atomic mass is 16.6. The van der Waals surface area contributed by atoms with E-state index in [0.29, 0.717) is 41.0 Å². The molecule has 2 aromatic carbocycles. The summed E-state index contributed by atoms with van der Waals surface area (Å²) in [5, 5.41) is 15.2. The van der Waals surface area contributed by atoms with Crippen LogP contribution in [0.1, 0.15) is 13.4 Å². The lowest BCUT2D eigenvalue weighted by atomic mass is 10.1. The zero-order valence-electron chi connectivity index (χ0n) is 15.7. The molecule has 4 rings (SSSR count). The third kappa shape index (κ3) is 3.56. The summed E-state index contributed by atoms with van der Waals surface area (Å²) in [5.41, 5.74) is 1.55. The molecule has 0 aliphatic carbocycles. The molecule has 0 bridgehead atoms. The van der Waals surface area contributed by atoms with E-state index in [2.05, 4.69) is 21.2 Å². The molecule has 8 heteroatoms. The molecular formula is C20H16N4O4. The van der Waals surface area contributed by atoms with Crippen molar-refractivity contribution in [1.29, 1.82) is 0 Å². The van der Waals surface area contributed by atoms with Crippen LogP contribution in [0, 0.1) is 22.5 Å². The number of terminal acetylenes is 1. The summed E-state index contributed by atoms with van der Waals surface area (Å²) in [6, 6.07) is 9.96. The SMILES string of the molecule is [2H]C1(Oc2cc3ncnc(Nc4cccc(C#C)c4)c3cc2[N+](=O)[O-])CCOC1. The minimum absolute atomic E-state index is 0.0259. The highest BCUT2D eigenvalue weighted by Crippen LogP contribution is 2.35. The normalized spacial score (nSPS) is 19.0. The maximum Gasteiger partial charge on any atom is 0.311 e. The minimum Gasteiger partial charge on any atom is -0.481 e. The first-order valence-electron chi connectivity index (χ1n) is 9.01. The first-order valence-corrected chi connectivity index (χ1v) is 8.51. The van der Waals surface area contributed by atoms with Crippen LogP contribution in [0.25, 0.3) is 10.9 Å². The van der Waals surface area contributed by atoms with E-state index < -0.39 is 11.0 Å². The summed E-state index contributed by atoms with van der Waals surface area (Å²) >= 11 is 0. The second kappa shape index (κ2) is 7.50. The fourth-order valence-electron chi connectivity index (χ4n) is 2.90. The average molecular weight is 377 g/mol. The molecule has 140 valence electrons. The van der Waals surface area contributed by atoms with Crippen LogP contribution < -0.4 is 10.1 Å². The van der Waals surface area contributed by atoms with Gasteiger partial charge in [-0.3, -0.25) is 10.1 Å². The van der Waals surface area contributed by atoms with E-state index in [1.807, 2.05) is 6.07 Å². The predicted octanol–water partition coefficient (Wildman–Crippen LogP) is 3.43. The van der Waals surface area contributed by atoms with Crippen molar-refractivity contribution >= 4 is 28.1 Å². The number of aromatic nitrogens is 2. The lowest BCUT2D eigenvalue weighted by molar-refractivity contribution is -0.385. The highest BCUT2D eigenvalue weighted by Gasteiger charge is 2.24. The smallest absolute Gasteiger partial charge is 0.311 e. The molecule has 1 aromatic heterocycles. The van der Waals surface area contributed by atoms with Gasteiger partial charge in [0.1, 0.15) is 18.2 Å². The number of anilines is 2. The van der Waals surface area contributed by atoms with Gasteiger partial charge in [-0.2, -0.15) is 0 Å². The van der Waals surface area contributed by atoms with E-state index >= 15 is 0 Å². The molecule has 1 fully saturated rings. The van der Waals surface area contributed by atoms with Gasteiger partial charge in [0.2, 0.25) is 0 Å². The van der Waals surface area contributed by atoms with Gasteiger partial charge >= 0.3 is 5.69 Å². The first kappa shape index (κ1) is 16.5. The van der Waals surface area contributed by atoms with Gasteiger partial charge in [-0.15, -0.1) is 6.42 Å². The van der Waals surface area contributed by atoms with Crippen LogP contribution in [-0.2, 0) is 4.74 Å². The Morgan fingerprint density at radius 3 is 3.04 bits per heavy atom. The second-order valence-electron chi connectivity index (χ2n) is 6.11. The van der Waals surface area contributed by atoms with Crippen LogP contribution >= 0.6 is 0 Å². The van der Waals surface area contributed by atoms with Crippen molar-refractivity contribution in [2.75, 3.05) is 18.5 Å². The van der Waals surface area contributed by atoms with Crippen molar-refractivity contribution < 1.29 is 15.8 Å². The topological polar surface area (TPSA) is 99.4 Å². The standard InChI is InChI=1S/C20H16N4O4/c1-2-13-4-3-5-14(8-13)23-20-16-9-18(24(25)26)19(10-17(16)21-12-22-20)28-15-6-7-27-11-15/h1,3-5,8-10,12,15H,6-7,11H2,(H,21,22,23)/i15D. The highest BCUT2D eigenvalue weighted by molar-refractivity contribution is 5.93. The summed E-state index contributed by atoms with van der Waals surface area (Å²) in [6.07, 6.45) is 5.75. The van der Waals surface area contributed by atoms with Crippen LogP contribution in [0.15, 0.2) is 42.7 Å². The molecule has 1 aliphatic rings. The minimum atomic E-state index is -1.36. The molecule has 1 aliphatic heterocycles. The van der Waals surface area contributed by atoms with Crippen molar-refractivity contribution in [3.8, 4) is 18.1 Å². The molecule has 0 spiro atoms. The van der Waals surface area contributed by atoms with Crippen molar-refractivity contribution in [3.63, 3.8) is 0 Å². The van der Waals surface area contributed by atoms with E-state index in [0.717, 1.165) is 0 Å². The molecule has 1 atom stereocenters. The summed E-state index contributed by atoms with van der Waals surface area (Å²) < 4.78 is 19.1. The lowest BCUT2D eigenvalue weighted by Crippen LogP contribution is -2.16. The monoisotopic (exact) mass is 377 g/mol. The first-order chi connectivity index (χ1) is 14.0. The number of benzene rings is 2. The number of nitro groups is 1. The molecule has 2 heterocycles. The van der Waals surface area contributed by atoms with Gasteiger partial charge in [0, 0.05) is 29.8 Å². The zero-order chi connectivity index (χ0) is 20.4. The molecule has 1 saturated heterocycles. The number of ether oxygens (including phenoxy) is 2. The van der Waals surface area contributed by atoms with Crippen LogP contribution in [0.3, 0.4) is 0 Å². The Hall–Kier alpha value is -3.70. The molecular weight excluding hydrogens is 360 g/mol. The van der Waals surface area contributed by atoms with Gasteiger partial charge in [-0.25, -0.2) is 9.97 Å². The Morgan fingerprint density at radius 1 is 1.39 bits per heavy atom. The number of hydrogen-bond donors (Lipinski definition) is 1. The van der Waals surface area contributed by atoms with Gasteiger partial charge in [0.15, 0.2) is 5.75 Å². The van der Waals surface area contributed by atoms with Crippen molar-refractivity contribution in [1.82, 2.24) is 9.97 Å². The number of fused-ring (bicyclic) bond motifs is 1. The van der Waals surface area contributed by atoms with E-state index in [-0.39, 0.29) is 18.0 Å². The van der Waals surface area contributed by atoms with Crippen LogP contribution in [-0.4, -0.2) is 34.2 Å². The number of nitro benzene ring substituents is 1. The number of rotatable bonds is 5. The molecule has 28 heavy (non-hydrogen) atoms. The maximum absolute atomic E-state index is 11.6. The summed E-state index contributed by atoms with van der Waals surface area (Å²) in [6.45, 7) is 0.419. The van der Waals surface area contributed by atoms with Crippen molar-refractivity contribution in [2.24, 2.45) is 0 Å². The van der Waals surface area contributed by atoms with E-state index in [4.69, 9.17) is 17.3 Å². The number of nitrogens with one attached hydrogen (secondary N) is 1. The number of nitrogens with zero attached hydrogens (tertiary/aromatic N) is 3. The zero-order valence-corrected chi connectivity index (χ0v) is 14.7. The van der Waals surface area contributed by atoms with Crippen LogP contribution in [0.4, 0.5) is 17.2 Å². The average Bonchev–Trinajstić information content (AvgIpc) is 3.13. The number of hydrogen-bond acceptors (Lipinski definition) is 7. The molecule has 3 aromatic rings. The van der Waals surface area contributed by atoms with E-state index in [1.54, 1.807) is 18.2 Å². The van der Waals surface area contributed by atoms with Gasteiger partial charge in [0.25, 0.3) is 0 Å².